The third kappa shape index (κ3) is 3.80. The van der Waals surface area contributed by atoms with Crippen LogP contribution in [-0.4, -0.2) is 23.9 Å². The summed E-state index contributed by atoms with van der Waals surface area (Å²) in [5.41, 5.74) is 1.54. The molecule has 0 bridgehead atoms. The molecule has 3 aromatic carbocycles. The van der Waals surface area contributed by atoms with Gasteiger partial charge in [-0.15, -0.1) is 0 Å². The van der Waals surface area contributed by atoms with Crippen LogP contribution in [0.4, 0.5) is 5.69 Å². The molecule has 0 aromatic heterocycles. The Bertz CT molecular complexity index is 1160. The lowest BCUT2D eigenvalue weighted by Gasteiger charge is -2.17. The van der Waals surface area contributed by atoms with Gasteiger partial charge in [0.15, 0.2) is 4.32 Å². The van der Waals surface area contributed by atoms with Crippen LogP contribution in [0.2, 0.25) is 0 Å². The van der Waals surface area contributed by atoms with Gasteiger partial charge in [-0.05, 0) is 41.5 Å². The number of thiocarbonyl (C=S) groups is 1. The quantitative estimate of drug-likeness (QED) is 0.348. The van der Waals surface area contributed by atoms with Crippen LogP contribution in [0.5, 0.6) is 11.5 Å². The van der Waals surface area contributed by atoms with Gasteiger partial charge in [0.05, 0.1) is 24.3 Å². The number of carbonyl (C=O) groups is 1. The maximum Gasteiger partial charge on any atom is 0.270 e. The Labute approximate surface area is 185 Å². The summed E-state index contributed by atoms with van der Waals surface area (Å²) in [7, 11) is 1.58. The van der Waals surface area contributed by atoms with E-state index < -0.39 is 0 Å². The number of carbonyl (C=O) groups excluding carboxylic acids is 1. The number of thioether (sulfide) groups is 1. The first kappa shape index (κ1) is 20.4. The second-order valence-corrected chi connectivity index (χ2v) is 8.41. The number of anilines is 1. The molecule has 0 saturated carbocycles. The number of hydrogen-bond donors (Lipinski definition) is 0. The number of ether oxygens (including phenoxy) is 2. The fraction of sp³-hybridized carbons (Fsp3) is 0.167. The fourth-order valence-electron chi connectivity index (χ4n) is 3.38. The summed E-state index contributed by atoms with van der Waals surface area (Å²) in [5, 5.41) is 2.13. The van der Waals surface area contributed by atoms with Crippen molar-refractivity contribution in [2.45, 2.75) is 13.3 Å². The van der Waals surface area contributed by atoms with E-state index in [0.717, 1.165) is 28.5 Å². The third-order valence-corrected chi connectivity index (χ3v) is 6.09. The standard InChI is InChI=1S/C24H21NO3S2/c1-3-14-28-20-13-12-16-8-4-5-9-17(16)18(20)15-22-23(26)25(24(29)30-22)19-10-6-7-11-21(19)27-2/h4-13,15H,3,14H2,1-2H3/b22-15-. The molecule has 6 heteroatoms. The zero-order valence-corrected chi connectivity index (χ0v) is 18.4. The highest BCUT2D eigenvalue weighted by molar-refractivity contribution is 8.27. The number of rotatable bonds is 6. The summed E-state index contributed by atoms with van der Waals surface area (Å²) in [6.45, 7) is 2.68. The average molecular weight is 436 g/mol. The van der Waals surface area contributed by atoms with Crippen LogP contribution in [0.15, 0.2) is 65.6 Å². The number of amides is 1. The van der Waals surface area contributed by atoms with E-state index in [2.05, 4.69) is 13.0 Å². The Hall–Kier alpha value is -2.83. The fourth-order valence-corrected chi connectivity index (χ4v) is 4.65. The Kier molecular flexibility index (Phi) is 6.06. The van der Waals surface area contributed by atoms with Gasteiger partial charge in [-0.2, -0.15) is 0 Å². The maximum atomic E-state index is 13.3. The van der Waals surface area contributed by atoms with Crippen molar-refractivity contribution < 1.29 is 14.3 Å². The molecule has 1 fully saturated rings. The first-order chi connectivity index (χ1) is 14.6. The summed E-state index contributed by atoms with van der Waals surface area (Å²) in [4.78, 5) is 15.4. The van der Waals surface area contributed by atoms with Crippen LogP contribution in [0.1, 0.15) is 18.9 Å². The minimum atomic E-state index is -0.163. The minimum absolute atomic E-state index is 0.163. The zero-order valence-electron chi connectivity index (χ0n) is 16.8. The van der Waals surface area contributed by atoms with Crippen LogP contribution in [-0.2, 0) is 4.79 Å². The molecule has 0 aliphatic carbocycles. The maximum absolute atomic E-state index is 13.3. The number of para-hydroxylation sites is 2. The van der Waals surface area contributed by atoms with Gasteiger partial charge in [0.1, 0.15) is 11.5 Å². The normalized spacial score (nSPS) is 15.3. The van der Waals surface area contributed by atoms with Crippen molar-refractivity contribution in [1.29, 1.82) is 0 Å². The van der Waals surface area contributed by atoms with Crippen LogP contribution < -0.4 is 14.4 Å². The molecule has 3 aromatic rings. The van der Waals surface area contributed by atoms with E-state index >= 15 is 0 Å². The van der Waals surface area contributed by atoms with Crippen molar-refractivity contribution in [2.24, 2.45) is 0 Å². The molecule has 0 unspecified atom stereocenters. The molecule has 152 valence electrons. The first-order valence-corrected chi connectivity index (χ1v) is 10.9. The van der Waals surface area contributed by atoms with Gasteiger partial charge in [-0.25, -0.2) is 0 Å². The molecular formula is C24H21NO3S2. The molecule has 0 spiro atoms. The topological polar surface area (TPSA) is 38.8 Å². The number of benzene rings is 3. The summed E-state index contributed by atoms with van der Waals surface area (Å²) in [6.07, 6.45) is 2.80. The van der Waals surface area contributed by atoms with Crippen molar-refractivity contribution >= 4 is 56.7 Å². The van der Waals surface area contributed by atoms with Crippen LogP contribution in [0.3, 0.4) is 0 Å². The molecule has 30 heavy (non-hydrogen) atoms. The summed E-state index contributed by atoms with van der Waals surface area (Å²) >= 11 is 6.83. The highest BCUT2D eigenvalue weighted by Crippen LogP contribution is 2.41. The van der Waals surface area contributed by atoms with Gasteiger partial charge in [0.2, 0.25) is 0 Å². The Balaban J connectivity index is 1.79. The smallest absolute Gasteiger partial charge is 0.270 e. The molecule has 4 nitrogen and oxygen atoms in total. The molecule has 0 atom stereocenters. The molecule has 1 aliphatic rings. The van der Waals surface area contributed by atoms with E-state index in [-0.39, 0.29) is 5.91 Å². The Morgan fingerprint density at radius 3 is 2.60 bits per heavy atom. The largest absolute Gasteiger partial charge is 0.495 e. The van der Waals surface area contributed by atoms with Gasteiger partial charge in [0, 0.05) is 5.56 Å². The van der Waals surface area contributed by atoms with Crippen molar-refractivity contribution in [1.82, 2.24) is 0 Å². The predicted octanol–water partition coefficient (Wildman–Crippen LogP) is 6.04. The lowest BCUT2D eigenvalue weighted by molar-refractivity contribution is -0.113. The lowest BCUT2D eigenvalue weighted by atomic mass is 10.0. The molecule has 1 saturated heterocycles. The molecule has 1 aliphatic heterocycles. The molecule has 0 N–H and O–H groups in total. The van der Waals surface area contributed by atoms with Crippen LogP contribution in [0, 0.1) is 0 Å². The Morgan fingerprint density at radius 1 is 1.03 bits per heavy atom. The van der Waals surface area contributed by atoms with E-state index in [9.17, 15) is 4.79 Å². The zero-order chi connectivity index (χ0) is 21.1. The van der Waals surface area contributed by atoms with Crippen LogP contribution >= 0.6 is 24.0 Å². The van der Waals surface area contributed by atoms with Crippen molar-refractivity contribution in [3.8, 4) is 11.5 Å². The molecule has 4 rings (SSSR count). The van der Waals surface area contributed by atoms with E-state index in [1.807, 2.05) is 60.7 Å². The van der Waals surface area contributed by atoms with Gasteiger partial charge in [0.25, 0.3) is 5.91 Å². The lowest BCUT2D eigenvalue weighted by Crippen LogP contribution is -2.27. The SMILES string of the molecule is CCCOc1ccc2ccccc2c1/C=C1\SC(=S)N(c2ccccc2OC)C1=O. The van der Waals surface area contributed by atoms with Crippen molar-refractivity contribution in [3.63, 3.8) is 0 Å². The Morgan fingerprint density at radius 2 is 1.80 bits per heavy atom. The number of fused-ring (bicyclic) bond motifs is 1. The highest BCUT2D eigenvalue weighted by Gasteiger charge is 2.35. The summed E-state index contributed by atoms with van der Waals surface area (Å²) in [6, 6.07) is 19.5. The second kappa shape index (κ2) is 8.90. The van der Waals surface area contributed by atoms with Crippen molar-refractivity contribution in [3.05, 3.63) is 71.1 Å². The summed E-state index contributed by atoms with van der Waals surface area (Å²) in [5.74, 6) is 1.20. The number of hydrogen-bond acceptors (Lipinski definition) is 5. The second-order valence-electron chi connectivity index (χ2n) is 6.74. The van der Waals surface area contributed by atoms with E-state index in [1.54, 1.807) is 7.11 Å². The van der Waals surface area contributed by atoms with Gasteiger partial charge in [-0.1, -0.05) is 73.4 Å². The van der Waals surface area contributed by atoms with E-state index in [1.165, 1.54) is 16.7 Å². The predicted molar refractivity (Wildman–Crippen MR) is 128 cm³/mol. The van der Waals surface area contributed by atoms with Gasteiger partial charge in [-0.3, -0.25) is 9.69 Å². The number of nitrogens with zero attached hydrogens (tertiary/aromatic N) is 1. The summed E-state index contributed by atoms with van der Waals surface area (Å²) < 4.78 is 11.9. The molecule has 1 amide bonds. The van der Waals surface area contributed by atoms with Gasteiger partial charge < -0.3 is 9.47 Å². The highest BCUT2D eigenvalue weighted by atomic mass is 32.2. The minimum Gasteiger partial charge on any atom is -0.495 e. The average Bonchev–Trinajstić information content (AvgIpc) is 3.05. The molecule has 1 heterocycles. The molecule has 0 radical (unpaired) electrons. The van der Waals surface area contributed by atoms with Crippen LogP contribution in [0.25, 0.3) is 16.8 Å². The monoisotopic (exact) mass is 435 g/mol. The molecular weight excluding hydrogens is 414 g/mol. The van der Waals surface area contributed by atoms with E-state index in [0.29, 0.717) is 27.3 Å². The first-order valence-electron chi connectivity index (χ1n) is 9.69. The van der Waals surface area contributed by atoms with Crippen molar-refractivity contribution in [2.75, 3.05) is 18.6 Å². The van der Waals surface area contributed by atoms with Gasteiger partial charge >= 0.3 is 0 Å². The van der Waals surface area contributed by atoms with E-state index in [4.69, 9.17) is 21.7 Å². The number of methoxy groups -OCH3 is 1. The third-order valence-electron chi connectivity index (χ3n) is 4.79.